The molecule has 1 fully saturated rings. The van der Waals surface area contributed by atoms with Crippen LogP contribution in [0.4, 0.5) is 5.82 Å². The van der Waals surface area contributed by atoms with Crippen molar-refractivity contribution < 1.29 is 19.0 Å². The highest BCUT2D eigenvalue weighted by molar-refractivity contribution is 5.92. The molecule has 1 aromatic heterocycles. The average Bonchev–Trinajstić information content (AvgIpc) is 2.86. The predicted molar refractivity (Wildman–Crippen MR) is 133 cm³/mol. The van der Waals surface area contributed by atoms with E-state index in [1.807, 2.05) is 6.07 Å². The van der Waals surface area contributed by atoms with Gasteiger partial charge in [0.05, 0.1) is 33.4 Å². The average molecular weight is 472 g/mol. The van der Waals surface area contributed by atoms with Crippen molar-refractivity contribution in [3.05, 3.63) is 17.7 Å². The van der Waals surface area contributed by atoms with Crippen molar-refractivity contribution in [1.29, 1.82) is 0 Å². The Hall–Kier alpha value is -2.78. The van der Waals surface area contributed by atoms with E-state index in [1.165, 1.54) is 0 Å². The first kappa shape index (κ1) is 24.3. The molecule has 3 N–H and O–H groups in total. The number of ether oxygens (including phenoxy) is 3. The van der Waals surface area contributed by atoms with Crippen molar-refractivity contribution in [2.75, 3.05) is 65.5 Å². The van der Waals surface area contributed by atoms with Gasteiger partial charge in [-0.15, -0.1) is 0 Å². The molecule has 1 unspecified atom stereocenters. The second-order valence-electron chi connectivity index (χ2n) is 9.00. The van der Waals surface area contributed by atoms with Gasteiger partial charge in [0.25, 0.3) is 0 Å². The molecule has 186 valence electrons. The number of aromatic nitrogens is 1. The van der Waals surface area contributed by atoms with Gasteiger partial charge in [-0.25, -0.2) is 4.98 Å². The summed E-state index contributed by atoms with van der Waals surface area (Å²) >= 11 is 0. The van der Waals surface area contributed by atoms with E-state index in [0.29, 0.717) is 36.3 Å². The van der Waals surface area contributed by atoms with E-state index in [9.17, 15) is 4.79 Å². The Kier molecular flexibility index (Phi) is 8.29. The molecule has 34 heavy (non-hydrogen) atoms. The van der Waals surface area contributed by atoms with Gasteiger partial charge in [0.1, 0.15) is 5.82 Å². The van der Waals surface area contributed by atoms with Gasteiger partial charge in [0, 0.05) is 43.2 Å². The van der Waals surface area contributed by atoms with Crippen molar-refractivity contribution in [2.24, 2.45) is 5.92 Å². The molecule has 0 radical (unpaired) electrons. The number of hydrogen-bond acceptors (Lipinski definition) is 8. The number of amides is 1. The lowest BCUT2D eigenvalue weighted by atomic mass is 9.97. The van der Waals surface area contributed by atoms with Crippen molar-refractivity contribution in [3.63, 3.8) is 0 Å². The van der Waals surface area contributed by atoms with Gasteiger partial charge in [-0.1, -0.05) is 0 Å². The molecule has 1 saturated heterocycles. The summed E-state index contributed by atoms with van der Waals surface area (Å²) in [6.07, 6.45) is 4.22. The van der Waals surface area contributed by atoms with Crippen LogP contribution >= 0.6 is 0 Å². The fraction of sp³-hybridized carbons (Fsp3) is 0.600. The maximum Gasteiger partial charge on any atom is 0.233 e. The quantitative estimate of drug-likeness (QED) is 0.626. The second-order valence-corrected chi connectivity index (χ2v) is 9.00. The molecule has 1 amide bonds. The number of benzene rings is 1. The molecule has 4 rings (SSSR count). The molecular weight excluding hydrogens is 434 g/mol. The number of anilines is 1. The van der Waals surface area contributed by atoms with Gasteiger partial charge in [-0.05, 0) is 50.8 Å². The standard InChI is InChI=1S/C25H37N5O4/c1-32-21-12-20-19(23(33-2)24(21)34-3)11-18-14-26-8-4-5-9-27-15-22(31)28-13-17-7-6-10-30(16-17)25(18)29-20/h11-12,17,26-27H,4-10,13-16H2,1-3H3,(H,28,31). The molecule has 2 aliphatic rings. The Balaban J connectivity index is 1.73. The monoisotopic (exact) mass is 471 g/mol. The summed E-state index contributed by atoms with van der Waals surface area (Å²) in [5, 5.41) is 10.8. The van der Waals surface area contributed by atoms with Crippen molar-refractivity contribution in [3.8, 4) is 17.2 Å². The molecule has 0 aliphatic carbocycles. The SMILES string of the molecule is COc1cc2nc3c(cc2c(OC)c1OC)CNCCCCNCC(=O)NCC1CCCN3C1. The first-order valence-corrected chi connectivity index (χ1v) is 12.2. The summed E-state index contributed by atoms with van der Waals surface area (Å²) in [6, 6.07) is 4.08. The van der Waals surface area contributed by atoms with Crippen LogP contribution in [-0.4, -0.2) is 71.5 Å². The Morgan fingerprint density at radius 1 is 0.971 bits per heavy atom. The number of rotatable bonds is 3. The van der Waals surface area contributed by atoms with E-state index >= 15 is 0 Å². The van der Waals surface area contributed by atoms with E-state index in [2.05, 4.69) is 26.9 Å². The van der Waals surface area contributed by atoms with Crippen LogP contribution in [0.2, 0.25) is 0 Å². The zero-order valence-corrected chi connectivity index (χ0v) is 20.5. The third kappa shape index (κ3) is 5.47. The van der Waals surface area contributed by atoms with Crippen LogP contribution in [0.5, 0.6) is 17.2 Å². The fourth-order valence-electron chi connectivity index (χ4n) is 4.90. The summed E-state index contributed by atoms with van der Waals surface area (Å²) in [5.41, 5.74) is 1.94. The molecule has 9 nitrogen and oxygen atoms in total. The summed E-state index contributed by atoms with van der Waals surface area (Å²) in [5.74, 6) is 3.24. The normalized spacial score (nSPS) is 20.4. The van der Waals surface area contributed by atoms with Crippen molar-refractivity contribution in [1.82, 2.24) is 20.9 Å². The molecule has 9 heteroatoms. The Morgan fingerprint density at radius 3 is 2.47 bits per heavy atom. The van der Waals surface area contributed by atoms with Crippen LogP contribution in [0.15, 0.2) is 12.1 Å². The molecule has 1 atom stereocenters. The number of nitrogens with one attached hydrogen (secondary N) is 3. The number of pyridine rings is 1. The van der Waals surface area contributed by atoms with Gasteiger partial charge >= 0.3 is 0 Å². The number of carbonyl (C=O) groups excluding carboxylic acids is 1. The smallest absolute Gasteiger partial charge is 0.233 e. The lowest BCUT2D eigenvalue weighted by Crippen LogP contribution is -2.43. The molecule has 2 aromatic rings. The van der Waals surface area contributed by atoms with E-state index in [0.717, 1.165) is 80.7 Å². The first-order valence-electron chi connectivity index (χ1n) is 12.2. The summed E-state index contributed by atoms with van der Waals surface area (Å²) in [6.45, 7) is 5.35. The molecule has 2 aliphatic heterocycles. The van der Waals surface area contributed by atoms with Crippen molar-refractivity contribution >= 4 is 22.6 Å². The van der Waals surface area contributed by atoms with Gasteiger partial charge in [-0.3, -0.25) is 4.79 Å². The second kappa shape index (κ2) is 11.6. The molecule has 1 aromatic carbocycles. The molecule has 2 bridgehead atoms. The van der Waals surface area contributed by atoms with Crippen molar-refractivity contribution in [2.45, 2.75) is 32.2 Å². The maximum atomic E-state index is 12.2. The summed E-state index contributed by atoms with van der Waals surface area (Å²) in [7, 11) is 4.88. The Morgan fingerprint density at radius 2 is 1.74 bits per heavy atom. The number of hydrogen-bond donors (Lipinski definition) is 3. The zero-order chi connectivity index (χ0) is 23.9. The summed E-state index contributed by atoms with van der Waals surface area (Å²) in [4.78, 5) is 19.7. The van der Waals surface area contributed by atoms with Gasteiger partial charge in [0.15, 0.2) is 11.5 Å². The lowest BCUT2D eigenvalue weighted by molar-refractivity contribution is -0.120. The van der Waals surface area contributed by atoms with Crippen LogP contribution in [0.3, 0.4) is 0 Å². The number of nitrogens with zero attached hydrogens (tertiary/aromatic N) is 2. The minimum absolute atomic E-state index is 0.0694. The first-order chi connectivity index (χ1) is 16.6. The van der Waals surface area contributed by atoms with Crippen LogP contribution in [0.1, 0.15) is 31.2 Å². The van der Waals surface area contributed by atoms with Gasteiger partial charge < -0.3 is 35.1 Å². The van der Waals surface area contributed by atoms with Crippen LogP contribution < -0.4 is 35.1 Å². The Labute approximate surface area is 201 Å². The molecule has 3 heterocycles. The van der Waals surface area contributed by atoms with E-state index in [4.69, 9.17) is 19.2 Å². The molecule has 0 saturated carbocycles. The number of carbonyl (C=O) groups is 1. The zero-order valence-electron chi connectivity index (χ0n) is 20.5. The van der Waals surface area contributed by atoms with Gasteiger partial charge in [0.2, 0.25) is 11.7 Å². The minimum atomic E-state index is 0.0694. The third-order valence-corrected chi connectivity index (χ3v) is 6.64. The third-order valence-electron chi connectivity index (χ3n) is 6.64. The van der Waals surface area contributed by atoms with Crippen LogP contribution in [0, 0.1) is 5.92 Å². The number of piperidine rings is 1. The van der Waals surface area contributed by atoms with E-state index in [-0.39, 0.29) is 5.91 Å². The highest BCUT2D eigenvalue weighted by atomic mass is 16.5. The maximum absolute atomic E-state index is 12.2. The topological polar surface area (TPSA) is 97.0 Å². The van der Waals surface area contributed by atoms with Crippen LogP contribution in [0.25, 0.3) is 10.9 Å². The number of fused-ring (bicyclic) bond motifs is 5. The minimum Gasteiger partial charge on any atom is -0.493 e. The molecule has 0 spiro atoms. The highest BCUT2D eigenvalue weighted by Crippen LogP contribution is 2.44. The number of methoxy groups -OCH3 is 3. The lowest BCUT2D eigenvalue weighted by Gasteiger charge is -2.35. The largest absolute Gasteiger partial charge is 0.493 e. The molecular formula is C25H37N5O4. The Bertz CT molecular complexity index is 999. The van der Waals surface area contributed by atoms with Crippen LogP contribution in [-0.2, 0) is 11.3 Å². The fourth-order valence-corrected chi connectivity index (χ4v) is 4.90. The van der Waals surface area contributed by atoms with Gasteiger partial charge in [-0.2, -0.15) is 0 Å². The van der Waals surface area contributed by atoms with E-state index < -0.39 is 0 Å². The predicted octanol–water partition coefficient (Wildman–Crippen LogP) is 2.07. The van der Waals surface area contributed by atoms with E-state index in [1.54, 1.807) is 21.3 Å². The summed E-state index contributed by atoms with van der Waals surface area (Å²) < 4.78 is 16.9. The highest BCUT2D eigenvalue weighted by Gasteiger charge is 2.25.